The summed E-state index contributed by atoms with van der Waals surface area (Å²) in [5, 5.41) is 13.0. The summed E-state index contributed by atoms with van der Waals surface area (Å²) in [6.07, 6.45) is 1.47. The van der Waals surface area contributed by atoms with Crippen molar-refractivity contribution in [3.8, 4) is 17.2 Å². The smallest absolute Gasteiger partial charge is 0.324 e. The highest BCUT2D eigenvalue weighted by Crippen LogP contribution is 2.27. The Labute approximate surface area is 209 Å². The molecule has 2 heterocycles. The summed E-state index contributed by atoms with van der Waals surface area (Å²) in [5.74, 6) is 1.25. The second-order valence-corrected chi connectivity index (χ2v) is 9.08. The Morgan fingerprint density at radius 1 is 0.889 bits per heavy atom. The molecule has 0 saturated heterocycles. The van der Waals surface area contributed by atoms with Crippen LogP contribution < -0.4 is 20.7 Å². The van der Waals surface area contributed by atoms with Gasteiger partial charge in [0, 0.05) is 30.3 Å². The van der Waals surface area contributed by atoms with Gasteiger partial charge in [0.15, 0.2) is 0 Å². The molecule has 4 aromatic rings. The minimum Gasteiger partial charge on any atom is -0.456 e. The molecular formula is C27H28N6O3. The van der Waals surface area contributed by atoms with Crippen LogP contribution in [0, 0.1) is 0 Å². The molecule has 0 aliphatic carbocycles. The average Bonchev–Trinajstić information content (AvgIpc) is 3.29. The lowest BCUT2D eigenvalue weighted by Gasteiger charge is -2.14. The van der Waals surface area contributed by atoms with Gasteiger partial charge in [0.1, 0.15) is 23.0 Å². The van der Waals surface area contributed by atoms with E-state index >= 15 is 0 Å². The fourth-order valence-electron chi connectivity index (χ4n) is 3.36. The summed E-state index contributed by atoms with van der Waals surface area (Å²) in [6, 6.07) is 21.3. The molecular weight excluding hydrogens is 456 g/mol. The van der Waals surface area contributed by atoms with Gasteiger partial charge in [0.05, 0.1) is 17.6 Å². The first-order valence-corrected chi connectivity index (χ1v) is 11.4. The van der Waals surface area contributed by atoms with Gasteiger partial charge in [-0.2, -0.15) is 5.10 Å². The molecule has 0 aliphatic rings. The molecule has 2 aromatic carbocycles. The SMILES string of the molecule is CNC(=O)c1ccc(Oc2cccc(NC(=O)Nc3cc(C(C)(C)C)nn3-c3ccccc3)c2)cn1. The van der Waals surface area contributed by atoms with Crippen LogP contribution in [0.2, 0.25) is 0 Å². The van der Waals surface area contributed by atoms with E-state index in [0.29, 0.717) is 28.7 Å². The van der Waals surface area contributed by atoms with Gasteiger partial charge in [0.25, 0.3) is 5.91 Å². The number of carbonyl (C=O) groups is 2. The van der Waals surface area contributed by atoms with Gasteiger partial charge in [-0.1, -0.05) is 45.0 Å². The van der Waals surface area contributed by atoms with E-state index in [-0.39, 0.29) is 11.3 Å². The number of anilines is 2. The Morgan fingerprint density at radius 2 is 1.67 bits per heavy atom. The van der Waals surface area contributed by atoms with Crippen molar-refractivity contribution in [3.05, 3.63) is 90.4 Å². The van der Waals surface area contributed by atoms with Crippen LogP contribution in [-0.4, -0.2) is 33.8 Å². The maximum Gasteiger partial charge on any atom is 0.324 e. The Morgan fingerprint density at radius 3 is 2.33 bits per heavy atom. The van der Waals surface area contributed by atoms with E-state index < -0.39 is 6.03 Å². The normalized spacial score (nSPS) is 11.0. The molecule has 0 bridgehead atoms. The van der Waals surface area contributed by atoms with E-state index in [1.54, 1.807) is 48.1 Å². The Balaban J connectivity index is 1.48. The molecule has 9 heteroatoms. The van der Waals surface area contributed by atoms with Gasteiger partial charge in [-0.15, -0.1) is 0 Å². The lowest BCUT2D eigenvalue weighted by molar-refractivity contribution is 0.0958. The molecule has 184 valence electrons. The summed E-state index contributed by atoms with van der Waals surface area (Å²) in [5.41, 5.74) is 2.34. The van der Waals surface area contributed by atoms with E-state index in [0.717, 1.165) is 11.4 Å². The van der Waals surface area contributed by atoms with Crippen molar-refractivity contribution in [1.29, 1.82) is 0 Å². The van der Waals surface area contributed by atoms with E-state index in [1.165, 1.54) is 6.20 Å². The van der Waals surface area contributed by atoms with Crippen molar-refractivity contribution < 1.29 is 14.3 Å². The van der Waals surface area contributed by atoms with Crippen molar-refractivity contribution in [1.82, 2.24) is 20.1 Å². The fraction of sp³-hybridized carbons (Fsp3) is 0.185. The molecule has 0 atom stereocenters. The fourth-order valence-corrected chi connectivity index (χ4v) is 3.36. The first kappa shape index (κ1) is 24.5. The predicted molar refractivity (Wildman–Crippen MR) is 139 cm³/mol. The number of hydrogen-bond acceptors (Lipinski definition) is 5. The summed E-state index contributed by atoms with van der Waals surface area (Å²) < 4.78 is 7.54. The molecule has 3 amide bonds. The van der Waals surface area contributed by atoms with E-state index in [2.05, 4.69) is 41.7 Å². The van der Waals surface area contributed by atoms with Crippen molar-refractivity contribution >= 4 is 23.4 Å². The van der Waals surface area contributed by atoms with Gasteiger partial charge in [0.2, 0.25) is 0 Å². The molecule has 4 rings (SSSR count). The van der Waals surface area contributed by atoms with Crippen molar-refractivity contribution in [2.45, 2.75) is 26.2 Å². The van der Waals surface area contributed by atoms with Crippen LogP contribution in [-0.2, 0) is 5.41 Å². The van der Waals surface area contributed by atoms with Crippen molar-refractivity contribution in [2.75, 3.05) is 17.7 Å². The highest BCUT2D eigenvalue weighted by molar-refractivity contribution is 5.99. The minimum absolute atomic E-state index is 0.188. The topological polar surface area (TPSA) is 110 Å². The van der Waals surface area contributed by atoms with Crippen LogP contribution in [0.5, 0.6) is 11.5 Å². The van der Waals surface area contributed by atoms with Crippen molar-refractivity contribution in [3.63, 3.8) is 0 Å². The molecule has 2 aromatic heterocycles. The molecule has 0 spiro atoms. The van der Waals surface area contributed by atoms with Crippen LogP contribution in [0.1, 0.15) is 37.0 Å². The lowest BCUT2D eigenvalue weighted by atomic mass is 9.92. The van der Waals surface area contributed by atoms with E-state index in [1.807, 2.05) is 36.4 Å². The summed E-state index contributed by atoms with van der Waals surface area (Å²) in [7, 11) is 1.54. The number of ether oxygens (including phenoxy) is 1. The van der Waals surface area contributed by atoms with Crippen LogP contribution >= 0.6 is 0 Å². The lowest BCUT2D eigenvalue weighted by Crippen LogP contribution is -2.21. The maximum atomic E-state index is 12.9. The highest BCUT2D eigenvalue weighted by atomic mass is 16.5. The molecule has 0 aliphatic heterocycles. The highest BCUT2D eigenvalue weighted by Gasteiger charge is 2.21. The number of carbonyl (C=O) groups excluding carboxylic acids is 2. The first-order chi connectivity index (χ1) is 17.2. The summed E-state index contributed by atoms with van der Waals surface area (Å²) in [4.78, 5) is 28.6. The first-order valence-electron chi connectivity index (χ1n) is 11.4. The number of para-hydroxylation sites is 1. The molecule has 0 saturated carbocycles. The zero-order chi connectivity index (χ0) is 25.7. The average molecular weight is 485 g/mol. The van der Waals surface area contributed by atoms with Gasteiger partial charge in [-0.3, -0.25) is 10.1 Å². The van der Waals surface area contributed by atoms with Gasteiger partial charge in [-0.05, 0) is 36.4 Å². The minimum atomic E-state index is -0.415. The van der Waals surface area contributed by atoms with Gasteiger partial charge < -0.3 is 15.4 Å². The predicted octanol–water partition coefficient (Wildman–Crippen LogP) is 5.36. The van der Waals surface area contributed by atoms with Crippen LogP contribution in [0.25, 0.3) is 5.69 Å². The Bertz CT molecular complexity index is 1360. The van der Waals surface area contributed by atoms with E-state index in [9.17, 15) is 9.59 Å². The second-order valence-electron chi connectivity index (χ2n) is 9.08. The molecule has 36 heavy (non-hydrogen) atoms. The van der Waals surface area contributed by atoms with Crippen LogP contribution in [0.3, 0.4) is 0 Å². The zero-order valence-electron chi connectivity index (χ0n) is 20.6. The molecule has 0 radical (unpaired) electrons. The molecule has 3 N–H and O–H groups in total. The Kier molecular flexibility index (Phi) is 7.00. The standard InChI is InChI=1S/C27H28N6O3/c1-27(2,3)23-16-24(33(32-23)19-10-6-5-7-11-19)31-26(35)30-18-9-8-12-20(15-18)36-21-13-14-22(29-17-21)25(34)28-4/h5-17H,1-4H3,(H,28,34)(H2,30,31,35). The Hall–Kier alpha value is -4.66. The van der Waals surface area contributed by atoms with E-state index in [4.69, 9.17) is 9.84 Å². The number of nitrogens with zero attached hydrogens (tertiary/aromatic N) is 3. The summed E-state index contributed by atoms with van der Waals surface area (Å²) in [6.45, 7) is 6.21. The van der Waals surface area contributed by atoms with Gasteiger partial charge in [-0.25, -0.2) is 14.5 Å². The number of urea groups is 1. The number of hydrogen-bond donors (Lipinski definition) is 3. The van der Waals surface area contributed by atoms with Crippen LogP contribution in [0.4, 0.5) is 16.3 Å². The number of rotatable bonds is 6. The zero-order valence-corrected chi connectivity index (χ0v) is 20.6. The number of benzene rings is 2. The second kappa shape index (κ2) is 10.3. The third kappa shape index (κ3) is 5.87. The largest absolute Gasteiger partial charge is 0.456 e. The maximum absolute atomic E-state index is 12.9. The molecule has 0 unspecified atom stereocenters. The number of nitrogens with one attached hydrogen (secondary N) is 3. The quantitative estimate of drug-likeness (QED) is 0.341. The van der Waals surface area contributed by atoms with Gasteiger partial charge >= 0.3 is 6.03 Å². The van der Waals surface area contributed by atoms with Crippen molar-refractivity contribution in [2.24, 2.45) is 0 Å². The summed E-state index contributed by atoms with van der Waals surface area (Å²) >= 11 is 0. The number of amides is 3. The third-order valence-electron chi connectivity index (χ3n) is 5.24. The third-order valence-corrected chi connectivity index (χ3v) is 5.24. The van der Waals surface area contributed by atoms with Crippen LogP contribution in [0.15, 0.2) is 79.0 Å². The number of aromatic nitrogens is 3. The number of pyridine rings is 1. The molecule has 9 nitrogen and oxygen atoms in total. The molecule has 0 fully saturated rings. The monoisotopic (exact) mass is 484 g/mol.